The Balaban J connectivity index is 0.000000128. The zero-order valence-corrected chi connectivity index (χ0v) is 68.0. The summed E-state index contributed by atoms with van der Waals surface area (Å²) in [5.41, 5.74) is 20.5. The van der Waals surface area contributed by atoms with E-state index in [4.69, 9.17) is 28.8 Å². The van der Waals surface area contributed by atoms with E-state index in [2.05, 4.69) is 373 Å². The molecule has 0 aliphatic carbocycles. The maximum atomic E-state index is 7.15. The van der Waals surface area contributed by atoms with Gasteiger partial charge in [0.1, 0.15) is 22.3 Å². The molecule has 0 atom stereocenters. The second-order valence-electron chi connectivity index (χ2n) is 31.7. The third-order valence-corrected chi connectivity index (χ3v) is 29.7. The fraction of sp³-hybridized carbons (Fsp3) is 0. The van der Waals surface area contributed by atoms with Gasteiger partial charge in [0.25, 0.3) is 0 Å². The third kappa shape index (κ3) is 10.1. The molecule has 0 N–H and O–H groups in total. The van der Waals surface area contributed by atoms with E-state index >= 15 is 0 Å². The fourth-order valence-electron chi connectivity index (χ4n) is 19.6. The molecule has 122 heavy (non-hydrogen) atoms. The molecule has 0 fully saturated rings. The van der Waals surface area contributed by atoms with Crippen LogP contribution in [0.1, 0.15) is 0 Å². The van der Waals surface area contributed by atoms with Crippen LogP contribution in [-0.4, -0.2) is 29.1 Å². The number of hydrogen-bond acceptors (Lipinski definition) is 10. The lowest BCUT2D eigenvalue weighted by Crippen LogP contribution is -2.02. The monoisotopic (exact) mass is 1620 g/mol. The minimum Gasteiger partial charge on any atom is -0.455 e. The van der Waals surface area contributed by atoms with Crippen molar-refractivity contribution in [1.29, 1.82) is 0 Å². The van der Waals surface area contributed by atoms with E-state index in [1.807, 2.05) is 22.7 Å². The molecule has 0 aliphatic heterocycles. The van der Waals surface area contributed by atoms with Gasteiger partial charge < -0.3 is 8.83 Å². The quantitative estimate of drug-likeness (QED) is 0.158. The number of fused-ring (bicyclic) bond motifs is 31. The van der Waals surface area contributed by atoms with Crippen molar-refractivity contribution in [2.24, 2.45) is 0 Å². The molecular weight excluding hydrogens is 1570 g/mol. The first-order valence-electron chi connectivity index (χ1n) is 40.9. The summed E-state index contributed by atoms with van der Waals surface area (Å²) in [6.07, 6.45) is 0. The zero-order valence-electron chi connectivity index (χ0n) is 64.8. The molecule has 0 unspecified atom stereocenters. The van der Waals surface area contributed by atoms with Crippen LogP contribution in [0.3, 0.4) is 0 Å². The molecule has 0 saturated carbocycles. The first-order chi connectivity index (χ1) is 60.5. The van der Waals surface area contributed by atoms with Crippen molar-refractivity contribution in [3.8, 4) is 67.8 Å². The molecule has 8 nitrogen and oxygen atoms in total. The van der Waals surface area contributed by atoms with E-state index in [0.717, 1.165) is 152 Å². The number of thiophene rings is 4. The Morgan fingerprint density at radius 1 is 0.213 bits per heavy atom. The van der Waals surface area contributed by atoms with Gasteiger partial charge in [-0.05, 0) is 175 Å². The molecule has 28 aromatic rings. The van der Waals surface area contributed by atoms with Crippen LogP contribution in [0.2, 0.25) is 0 Å². The smallest absolute Gasteiger partial charge is 0.235 e. The van der Waals surface area contributed by atoms with Crippen LogP contribution in [-0.2, 0) is 0 Å². The van der Waals surface area contributed by atoms with Gasteiger partial charge in [0, 0.05) is 104 Å². The summed E-state index contributed by atoms with van der Waals surface area (Å²) in [7, 11) is 0. The molecule has 28 rings (SSSR count). The maximum Gasteiger partial charge on any atom is 0.235 e. The lowest BCUT2D eigenvalue weighted by Gasteiger charge is -2.11. The van der Waals surface area contributed by atoms with Crippen LogP contribution in [0.15, 0.2) is 373 Å². The Kier molecular flexibility index (Phi) is 14.6. The summed E-state index contributed by atoms with van der Waals surface area (Å²) in [5, 5.41) is 23.4. The van der Waals surface area contributed by atoms with Gasteiger partial charge >= 0.3 is 0 Å². The van der Waals surface area contributed by atoms with Crippen LogP contribution in [0, 0.1) is 0 Å². The Labute approximate surface area is 710 Å². The molecule has 0 aliphatic rings. The van der Waals surface area contributed by atoms with E-state index in [-0.39, 0.29) is 0 Å². The van der Waals surface area contributed by atoms with E-state index in [1.165, 1.54) is 104 Å². The molecule has 0 saturated heterocycles. The number of aromatic nitrogens is 6. The largest absolute Gasteiger partial charge is 0.455 e. The van der Waals surface area contributed by atoms with Crippen molar-refractivity contribution in [2.45, 2.75) is 0 Å². The highest BCUT2D eigenvalue weighted by molar-refractivity contribution is 7.27. The zero-order chi connectivity index (χ0) is 79.5. The number of rotatable bonds is 7. The molecule has 0 radical (unpaired) electrons. The second kappa shape index (κ2) is 26.2. The topological polar surface area (TPSA) is 87.7 Å². The number of nitrogens with zero attached hydrogens (tertiary/aromatic N) is 6. The lowest BCUT2D eigenvalue weighted by molar-refractivity contribution is 0.673. The summed E-state index contributed by atoms with van der Waals surface area (Å²) < 4.78 is 28.5. The average Bonchev–Trinajstić information content (AvgIpc) is 1.55. The fourth-order valence-corrected chi connectivity index (χ4v) is 24.0. The summed E-state index contributed by atoms with van der Waals surface area (Å²) in [6, 6.07) is 131. The van der Waals surface area contributed by atoms with Gasteiger partial charge in [-0.1, -0.05) is 255 Å². The van der Waals surface area contributed by atoms with E-state index in [9.17, 15) is 0 Å². The summed E-state index contributed by atoms with van der Waals surface area (Å²) in [6.45, 7) is 0. The van der Waals surface area contributed by atoms with Gasteiger partial charge in [-0.15, -0.1) is 45.3 Å². The summed E-state index contributed by atoms with van der Waals surface area (Å²) in [4.78, 5) is 21.9. The molecular formula is C110H60N6O2S4. The SMILES string of the molecule is c1ccc(-c2cccc(-c3nc(-n4c5ccccc5c5c6oc7cc(-c8ccc9sc%10ccccc%10c9c8)c8ccccc8c7c6ccc54)nc4c3sc3ccccc34)c2)cc1.c1ccc2cc(-c3nc(-n4c5ccccc5c5c6oc7cc(-c8ccc9sc%10ccccc%10c9c8)c8ccccc8c7c6ccc54)nc4c3sc3ccccc34)ccc2c1. The van der Waals surface area contributed by atoms with Crippen LogP contribution in [0.5, 0.6) is 0 Å². The van der Waals surface area contributed by atoms with Crippen molar-refractivity contribution >= 4 is 246 Å². The standard InChI is InChI=1S/C56H31N3OS2.C54H29N3OS2/c1-2-13-32(14-3-1)33-15-12-16-35(29-33)52-55-53(40-21-8-11-24-48(40)62-55)58-56(57-52)59-44-22-9-6-20-39(44)51-45(59)27-26-41-50-38-19-5-4-17-36(38)42(31-46(50)60-54(41)51)34-25-28-49-43(30-34)37-18-7-10-23-47(37)61-49;1-2-12-31-27-33(22-21-30(31)11-1)50-53-51(38-17-7-10-20-46(38)60-53)56-54(55-50)57-42-18-8-5-16-37(42)49-43(57)25-24-39-48-36-15-4-3-13-34(36)40(29-44(48)58-52(39)49)32-23-26-47-41(28-32)35-14-6-9-19-45(35)59-47/h1-31H;1-29H. The van der Waals surface area contributed by atoms with E-state index in [1.54, 1.807) is 22.7 Å². The molecule has 0 bridgehead atoms. The normalized spacial score (nSPS) is 12.3. The molecule has 566 valence electrons. The van der Waals surface area contributed by atoms with Gasteiger partial charge in [0.05, 0.1) is 64.7 Å². The molecule has 12 heteroatoms. The average molecular weight is 1630 g/mol. The minimum absolute atomic E-state index is 0.631. The molecule has 0 amide bonds. The van der Waals surface area contributed by atoms with Gasteiger partial charge in [0.2, 0.25) is 11.9 Å². The van der Waals surface area contributed by atoms with Gasteiger partial charge in [0.15, 0.2) is 0 Å². The molecule has 0 spiro atoms. The summed E-state index contributed by atoms with van der Waals surface area (Å²) >= 11 is 7.21. The van der Waals surface area contributed by atoms with E-state index < -0.39 is 0 Å². The molecule has 10 aromatic heterocycles. The van der Waals surface area contributed by atoms with Crippen LogP contribution < -0.4 is 0 Å². The Hall–Kier alpha value is -15.0. The highest BCUT2D eigenvalue weighted by Crippen LogP contribution is 2.51. The van der Waals surface area contributed by atoms with Gasteiger partial charge in [-0.25, -0.2) is 19.9 Å². The predicted octanol–water partition coefficient (Wildman–Crippen LogP) is 32.2. The minimum atomic E-state index is 0.631. The Morgan fingerprint density at radius 3 is 1.12 bits per heavy atom. The molecule has 10 heterocycles. The predicted molar refractivity (Wildman–Crippen MR) is 519 cm³/mol. The first kappa shape index (κ1) is 67.9. The van der Waals surface area contributed by atoms with Crippen molar-refractivity contribution < 1.29 is 8.83 Å². The number of benzene rings is 18. The number of hydrogen-bond donors (Lipinski definition) is 0. The van der Waals surface area contributed by atoms with Crippen molar-refractivity contribution in [2.75, 3.05) is 0 Å². The van der Waals surface area contributed by atoms with Gasteiger partial charge in [-0.3, -0.25) is 9.13 Å². The number of furan rings is 2. The number of para-hydroxylation sites is 2. The van der Waals surface area contributed by atoms with Crippen LogP contribution in [0.25, 0.3) is 269 Å². The van der Waals surface area contributed by atoms with Crippen LogP contribution >= 0.6 is 45.3 Å². The van der Waals surface area contributed by atoms with Crippen LogP contribution in [0.4, 0.5) is 0 Å². The van der Waals surface area contributed by atoms with Gasteiger partial charge in [-0.2, -0.15) is 0 Å². The maximum absolute atomic E-state index is 7.15. The van der Waals surface area contributed by atoms with E-state index in [0.29, 0.717) is 11.9 Å². The third-order valence-electron chi connectivity index (χ3n) is 25.0. The Bertz CT molecular complexity index is 9400. The van der Waals surface area contributed by atoms with Crippen molar-refractivity contribution in [3.63, 3.8) is 0 Å². The second-order valence-corrected chi connectivity index (χ2v) is 36.0. The lowest BCUT2D eigenvalue weighted by atomic mass is 9.94. The Morgan fingerprint density at radius 2 is 0.607 bits per heavy atom. The first-order valence-corrected chi connectivity index (χ1v) is 44.2. The highest BCUT2D eigenvalue weighted by Gasteiger charge is 2.28. The van der Waals surface area contributed by atoms with Crippen molar-refractivity contribution in [1.82, 2.24) is 29.1 Å². The highest BCUT2D eigenvalue weighted by atomic mass is 32.1. The summed E-state index contributed by atoms with van der Waals surface area (Å²) in [5.74, 6) is 1.27. The van der Waals surface area contributed by atoms with Crippen molar-refractivity contribution in [3.05, 3.63) is 364 Å². The molecule has 18 aromatic carbocycles.